The largest absolute Gasteiger partial charge is 0.481 e. The summed E-state index contributed by atoms with van der Waals surface area (Å²) in [6.45, 7) is 1.72. The van der Waals surface area contributed by atoms with Gasteiger partial charge in [-0.2, -0.15) is 0 Å². The lowest BCUT2D eigenvalue weighted by atomic mass is 10.2. The molecule has 0 fully saturated rings. The zero-order valence-electron chi connectivity index (χ0n) is 13.2. The maximum atomic E-state index is 11.5. The van der Waals surface area contributed by atoms with E-state index in [0.717, 1.165) is 25.7 Å². The van der Waals surface area contributed by atoms with Crippen molar-refractivity contribution in [2.24, 2.45) is 5.73 Å². The smallest absolute Gasteiger partial charge is 0.303 e. The standard InChI is InChI=1S/C15H29N3O4/c16-10-4-1-7-13(19)17-11-5-2-8-14(20)18-12-6-3-9-15(21)22/h1-12,16H2,(H,17,19)(H,18,20)(H,21,22). The topological polar surface area (TPSA) is 122 Å². The van der Waals surface area contributed by atoms with Gasteiger partial charge in [-0.05, 0) is 45.1 Å². The van der Waals surface area contributed by atoms with Gasteiger partial charge in [0, 0.05) is 32.4 Å². The number of carbonyl (C=O) groups excluding carboxylic acids is 2. The fraction of sp³-hybridized carbons (Fsp3) is 0.800. The Labute approximate surface area is 132 Å². The van der Waals surface area contributed by atoms with Crippen molar-refractivity contribution in [3.8, 4) is 0 Å². The minimum atomic E-state index is -0.809. The molecule has 0 saturated heterocycles. The molecular formula is C15H29N3O4. The highest BCUT2D eigenvalue weighted by Gasteiger charge is 2.03. The Morgan fingerprint density at radius 2 is 1.18 bits per heavy atom. The lowest BCUT2D eigenvalue weighted by molar-refractivity contribution is -0.137. The molecule has 7 nitrogen and oxygen atoms in total. The van der Waals surface area contributed by atoms with Crippen LogP contribution in [0.15, 0.2) is 0 Å². The van der Waals surface area contributed by atoms with E-state index in [1.54, 1.807) is 0 Å². The van der Waals surface area contributed by atoms with E-state index in [9.17, 15) is 14.4 Å². The molecule has 2 amide bonds. The van der Waals surface area contributed by atoms with Crippen LogP contribution in [0.25, 0.3) is 0 Å². The van der Waals surface area contributed by atoms with Crippen LogP contribution in [0.3, 0.4) is 0 Å². The number of unbranched alkanes of at least 4 members (excludes halogenated alkanes) is 3. The maximum absolute atomic E-state index is 11.5. The van der Waals surface area contributed by atoms with Crippen LogP contribution in [0, 0.1) is 0 Å². The molecule has 128 valence electrons. The predicted octanol–water partition coefficient (Wildman–Crippen LogP) is 0.773. The first-order valence-corrected chi connectivity index (χ1v) is 8.01. The summed E-state index contributed by atoms with van der Waals surface area (Å²) in [4.78, 5) is 33.2. The van der Waals surface area contributed by atoms with E-state index in [0.29, 0.717) is 45.3 Å². The average Bonchev–Trinajstić information content (AvgIpc) is 2.46. The second-order valence-corrected chi connectivity index (χ2v) is 5.25. The summed E-state index contributed by atoms with van der Waals surface area (Å²) in [5.74, 6) is -0.794. The Bertz CT molecular complexity index is 335. The highest BCUT2D eigenvalue weighted by molar-refractivity contribution is 5.76. The predicted molar refractivity (Wildman–Crippen MR) is 84.3 cm³/mol. The number of nitrogens with two attached hydrogens (primary N) is 1. The van der Waals surface area contributed by atoms with Gasteiger partial charge in [0.25, 0.3) is 0 Å². The first kappa shape index (κ1) is 20.4. The molecule has 0 heterocycles. The zero-order chi connectivity index (χ0) is 16.6. The van der Waals surface area contributed by atoms with Crippen molar-refractivity contribution in [1.82, 2.24) is 10.6 Å². The van der Waals surface area contributed by atoms with Gasteiger partial charge in [0.05, 0.1) is 0 Å². The monoisotopic (exact) mass is 315 g/mol. The summed E-state index contributed by atoms with van der Waals surface area (Å²) >= 11 is 0. The van der Waals surface area contributed by atoms with Crippen LogP contribution in [0.4, 0.5) is 0 Å². The summed E-state index contributed by atoms with van der Waals surface area (Å²) in [7, 11) is 0. The highest BCUT2D eigenvalue weighted by atomic mass is 16.4. The Balaban J connectivity index is 3.34. The van der Waals surface area contributed by atoms with Crippen LogP contribution in [-0.2, 0) is 14.4 Å². The van der Waals surface area contributed by atoms with Crippen molar-refractivity contribution in [3.05, 3.63) is 0 Å². The molecule has 0 rings (SSSR count). The fourth-order valence-electron chi connectivity index (χ4n) is 1.87. The van der Waals surface area contributed by atoms with E-state index in [-0.39, 0.29) is 18.2 Å². The van der Waals surface area contributed by atoms with Gasteiger partial charge in [-0.1, -0.05) is 0 Å². The highest BCUT2D eigenvalue weighted by Crippen LogP contribution is 1.97. The number of nitrogens with one attached hydrogen (secondary N) is 2. The maximum Gasteiger partial charge on any atom is 0.303 e. The van der Waals surface area contributed by atoms with E-state index in [1.165, 1.54) is 0 Å². The molecule has 0 bridgehead atoms. The van der Waals surface area contributed by atoms with Crippen molar-refractivity contribution in [1.29, 1.82) is 0 Å². The molecule has 0 aliphatic heterocycles. The number of hydrogen-bond donors (Lipinski definition) is 4. The number of amides is 2. The van der Waals surface area contributed by atoms with Gasteiger partial charge >= 0.3 is 5.97 Å². The number of hydrogen-bond acceptors (Lipinski definition) is 4. The molecule has 7 heteroatoms. The number of aliphatic carboxylic acids is 1. The number of carboxylic acid groups (broad SMARTS) is 1. The molecule has 22 heavy (non-hydrogen) atoms. The van der Waals surface area contributed by atoms with E-state index < -0.39 is 5.97 Å². The number of rotatable bonds is 14. The summed E-state index contributed by atoms with van der Waals surface area (Å²) in [5.41, 5.74) is 5.35. The van der Waals surface area contributed by atoms with E-state index >= 15 is 0 Å². The third-order valence-electron chi connectivity index (χ3n) is 3.15. The third kappa shape index (κ3) is 14.8. The molecule has 0 aromatic carbocycles. The third-order valence-corrected chi connectivity index (χ3v) is 3.15. The molecule has 0 aliphatic rings. The summed E-state index contributed by atoms with van der Waals surface area (Å²) < 4.78 is 0. The van der Waals surface area contributed by atoms with Crippen LogP contribution in [0.2, 0.25) is 0 Å². The second kappa shape index (κ2) is 14.3. The van der Waals surface area contributed by atoms with Crippen LogP contribution in [0.5, 0.6) is 0 Å². The van der Waals surface area contributed by atoms with Crippen molar-refractivity contribution < 1.29 is 19.5 Å². The van der Waals surface area contributed by atoms with Crippen molar-refractivity contribution in [3.63, 3.8) is 0 Å². The molecule has 0 aromatic heterocycles. The Kier molecular flexibility index (Phi) is 13.3. The summed E-state index contributed by atoms with van der Waals surface area (Å²) in [6, 6.07) is 0. The van der Waals surface area contributed by atoms with Crippen molar-refractivity contribution in [2.75, 3.05) is 19.6 Å². The van der Waals surface area contributed by atoms with Crippen LogP contribution in [0.1, 0.15) is 57.8 Å². The van der Waals surface area contributed by atoms with Gasteiger partial charge in [0.15, 0.2) is 0 Å². The lowest BCUT2D eigenvalue weighted by Gasteiger charge is -2.06. The summed E-state index contributed by atoms with van der Waals surface area (Å²) in [5, 5.41) is 14.0. The Morgan fingerprint density at radius 1 is 0.727 bits per heavy atom. The van der Waals surface area contributed by atoms with E-state index in [2.05, 4.69) is 10.6 Å². The number of carbonyl (C=O) groups is 3. The number of carboxylic acids is 1. The normalized spacial score (nSPS) is 10.2. The van der Waals surface area contributed by atoms with Gasteiger partial charge in [0.1, 0.15) is 0 Å². The van der Waals surface area contributed by atoms with Crippen LogP contribution < -0.4 is 16.4 Å². The van der Waals surface area contributed by atoms with Crippen LogP contribution in [-0.4, -0.2) is 42.5 Å². The minimum absolute atomic E-state index is 0.0235. The fourth-order valence-corrected chi connectivity index (χ4v) is 1.87. The molecule has 0 spiro atoms. The molecule has 0 aromatic rings. The molecule has 0 radical (unpaired) electrons. The zero-order valence-corrected chi connectivity index (χ0v) is 13.2. The molecule has 0 atom stereocenters. The van der Waals surface area contributed by atoms with Crippen molar-refractivity contribution in [2.45, 2.75) is 57.8 Å². The van der Waals surface area contributed by atoms with Gasteiger partial charge < -0.3 is 21.5 Å². The first-order valence-electron chi connectivity index (χ1n) is 8.01. The van der Waals surface area contributed by atoms with Crippen molar-refractivity contribution >= 4 is 17.8 Å². The van der Waals surface area contributed by atoms with Gasteiger partial charge in [-0.15, -0.1) is 0 Å². The molecule has 0 saturated carbocycles. The first-order chi connectivity index (χ1) is 10.6. The van der Waals surface area contributed by atoms with E-state index in [1.807, 2.05) is 0 Å². The molecule has 0 aliphatic carbocycles. The quantitative estimate of drug-likeness (QED) is 0.353. The Morgan fingerprint density at radius 3 is 1.64 bits per heavy atom. The lowest BCUT2D eigenvalue weighted by Crippen LogP contribution is -2.26. The van der Waals surface area contributed by atoms with Crippen LogP contribution >= 0.6 is 0 Å². The van der Waals surface area contributed by atoms with Gasteiger partial charge in [0.2, 0.25) is 11.8 Å². The SMILES string of the molecule is NCCCCC(=O)NCCCCC(=O)NCCCCC(=O)O. The second-order valence-electron chi connectivity index (χ2n) is 5.25. The minimum Gasteiger partial charge on any atom is -0.481 e. The molecule has 5 N–H and O–H groups in total. The van der Waals surface area contributed by atoms with Gasteiger partial charge in [-0.25, -0.2) is 0 Å². The summed E-state index contributed by atoms with van der Waals surface area (Å²) in [6.07, 6.45) is 5.51. The van der Waals surface area contributed by atoms with Gasteiger partial charge in [-0.3, -0.25) is 14.4 Å². The molecule has 0 unspecified atom stereocenters. The Hall–Kier alpha value is -1.63. The van der Waals surface area contributed by atoms with E-state index in [4.69, 9.17) is 10.8 Å². The molecular weight excluding hydrogens is 286 g/mol. The average molecular weight is 315 g/mol.